The third kappa shape index (κ3) is 3.23. The van der Waals surface area contributed by atoms with Crippen molar-refractivity contribution in [1.82, 2.24) is 10.2 Å². The quantitative estimate of drug-likeness (QED) is 0.726. The molecule has 1 aromatic heterocycles. The number of carbonyl (C=O) groups is 1. The summed E-state index contributed by atoms with van der Waals surface area (Å²) in [6, 6.07) is 1.44. The molecule has 0 spiro atoms. The number of nitrogens with one attached hydrogen (secondary N) is 1. The van der Waals surface area contributed by atoms with Gasteiger partial charge in [0.1, 0.15) is 11.3 Å². The Morgan fingerprint density at radius 1 is 1.62 bits per heavy atom. The van der Waals surface area contributed by atoms with E-state index < -0.39 is 11.6 Å². The molecule has 0 atom stereocenters. The predicted molar refractivity (Wildman–Crippen MR) is 56.3 cm³/mol. The fraction of sp³-hybridized carbons (Fsp3) is 0.600. The molecule has 0 aliphatic rings. The van der Waals surface area contributed by atoms with Crippen molar-refractivity contribution >= 4 is 5.97 Å². The molecule has 0 aromatic carbocycles. The van der Waals surface area contributed by atoms with Gasteiger partial charge in [0.15, 0.2) is 0 Å². The maximum atomic E-state index is 11.3. The molecule has 6 nitrogen and oxygen atoms in total. The highest BCUT2D eigenvalue weighted by molar-refractivity contribution is 5.87. The fourth-order valence-corrected chi connectivity index (χ4v) is 0.984. The number of ether oxygens (including phenoxy) is 2. The zero-order valence-corrected chi connectivity index (χ0v) is 9.61. The smallest absolute Gasteiger partial charge is 0.356 e. The number of aromatic nitrogens is 2. The monoisotopic (exact) mass is 228 g/mol. The van der Waals surface area contributed by atoms with Crippen molar-refractivity contribution in [3.8, 4) is 5.88 Å². The number of nitrogens with zero attached hydrogens (tertiary/aromatic N) is 1. The Bertz CT molecular complexity index is 359. The number of hydrogen-bond acceptors (Lipinski definition) is 5. The summed E-state index contributed by atoms with van der Waals surface area (Å²) in [5.74, 6) is -0.228. The molecule has 0 unspecified atom stereocenters. The van der Waals surface area contributed by atoms with E-state index in [-0.39, 0.29) is 18.2 Å². The van der Waals surface area contributed by atoms with E-state index in [9.17, 15) is 4.79 Å². The van der Waals surface area contributed by atoms with Crippen LogP contribution in [-0.2, 0) is 4.74 Å². The number of carbonyl (C=O) groups excluding carboxylic acids is 1. The Balaban J connectivity index is 2.68. The first-order chi connectivity index (χ1) is 7.48. The van der Waals surface area contributed by atoms with E-state index in [1.165, 1.54) is 6.07 Å². The third-order valence-corrected chi connectivity index (χ3v) is 1.81. The Morgan fingerprint density at radius 3 is 2.88 bits per heavy atom. The van der Waals surface area contributed by atoms with E-state index >= 15 is 0 Å². The second-order valence-electron chi connectivity index (χ2n) is 3.86. The van der Waals surface area contributed by atoms with Gasteiger partial charge in [0.05, 0.1) is 13.2 Å². The van der Waals surface area contributed by atoms with E-state index in [1.54, 1.807) is 20.8 Å². The largest absolute Gasteiger partial charge is 0.468 e. The summed E-state index contributed by atoms with van der Waals surface area (Å²) in [6.45, 7) is 5.31. The van der Waals surface area contributed by atoms with Crippen molar-refractivity contribution in [1.29, 1.82) is 0 Å². The number of esters is 1. The Labute approximate surface area is 93.6 Å². The molecular formula is C10H16N2O4. The van der Waals surface area contributed by atoms with Crippen LogP contribution in [-0.4, -0.2) is 40.1 Å². The normalized spacial score (nSPS) is 11.2. The van der Waals surface area contributed by atoms with Crippen LogP contribution >= 0.6 is 0 Å². The molecule has 0 aliphatic carbocycles. The van der Waals surface area contributed by atoms with Gasteiger partial charge in [-0.25, -0.2) is 4.79 Å². The van der Waals surface area contributed by atoms with Crippen LogP contribution in [0.25, 0.3) is 0 Å². The molecule has 2 N–H and O–H groups in total. The predicted octanol–water partition coefficient (Wildman–Crippen LogP) is 0.736. The summed E-state index contributed by atoms with van der Waals surface area (Å²) in [5.41, 5.74) is -0.508. The zero-order chi connectivity index (χ0) is 12.2. The summed E-state index contributed by atoms with van der Waals surface area (Å²) >= 11 is 0. The van der Waals surface area contributed by atoms with Crippen molar-refractivity contribution < 1.29 is 19.4 Å². The standard InChI is InChI=1S/C10H16N2O4/c1-4-15-9(14)7-5-8(12-11-7)16-10(2,3)6-13/h5,13H,4,6H2,1-3H3,(H,11,12). The van der Waals surface area contributed by atoms with E-state index in [2.05, 4.69) is 10.2 Å². The van der Waals surface area contributed by atoms with Crippen molar-refractivity contribution in [3.05, 3.63) is 11.8 Å². The van der Waals surface area contributed by atoms with Crippen LogP contribution < -0.4 is 4.74 Å². The van der Waals surface area contributed by atoms with Crippen LogP contribution in [0.2, 0.25) is 0 Å². The van der Waals surface area contributed by atoms with Gasteiger partial charge < -0.3 is 14.6 Å². The summed E-state index contributed by atoms with van der Waals surface area (Å²) < 4.78 is 10.1. The lowest BCUT2D eigenvalue weighted by molar-refractivity contribution is 0.0372. The second-order valence-corrected chi connectivity index (χ2v) is 3.86. The summed E-state index contributed by atoms with van der Waals surface area (Å²) in [6.07, 6.45) is 0. The molecule has 16 heavy (non-hydrogen) atoms. The van der Waals surface area contributed by atoms with Crippen molar-refractivity contribution in [2.75, 3.05) is 13.2 Å². The van der Waals surface area contributed by atoms with E-state index in [0.29, 0.717) is 6.61 Å². The summed E-state index contributed by atoms with van der Waals surface area (Å²) in [4.78, 5) is 11.3. The average Bonchev–Trinajstić information content (AvgIpc) is 2.66. The molecule has 1 rings (SSSR count). The van der Waals surface area contributed by atoms with Crippen LogP contribution in [0.4, 0.5) is 0 Å². The van der Waals surface area contributed by atoms with Crippen LogP contribution in [0.15, 0.2) is 6.07 Å². The first-order valence-corrected chi connectivity index (χ1v) is 5.01. The number of rotatable bonds is 5. The van der Waals surface area contributed by atoms with Crippen LogP contribution in [0.5, 0.6) is 5.88 Å². The number of aliphatic hydroxyl groups excluding tert-OH is 1. The lowest BCUT2D eigenvalue weighted by atomic mass is 10.1. The van der Waals surface area contributed by atoms with E-state index in [1.807, 2.05) is 0 Å². The fourth-order valence-electron chi connectivity index (χ4n) is 0.984. The number of aromatic amines is 1. The molecule has 90 valence electrons. The Kier molecular flexibility index (Phi) is 3.89. The van der Waals surface area contributed by atoms with Crippen LogP contribution in [0.1, 0.15) is 31.3 Å². The van der Waals surface area contributed by atoms with Gasteiger partial charge in [-0.05, 0) is 20.8 Å². The minimum Gasteiger partial charge on any atom is -0.468 e. The SMILES string of the molecule is CCOC(=O)c1cc(OC(C)(C)CO)n[nH]1. The molecule has 1 heterocycles. The molecule has 0 fully saturated rings. The molecular weight excluding hydrogens is 212 g/mol. The number of H-pyrrole nitrogens is 1. The van der Waals surface area contributed by atoms with E-state index in [4.69, 9.17) is 14.6 Å². The number of aliphatic hydroxyl groups is 1. The highest BCUT2D eigenvalue weighted by atomic mass is 16.5. The maximum absolute atomic E-state index is 11.3. The van der Waals surface area contributed by atoms with Crippen LogP contribution in [0.3, 0.4) is 0 Å². The lowest BCUT2D eigenvalue weighted by Crippen LogP contribution is -2.32. The first-order valence-electron chi connectivity index (χ1n) is 5.01. The van der Waals surface area contributed by atoms with Crippen molar-refractivity contribution in [3.63, 3.8) is 0 Å². The third-order valence-electron chi connectivity index (χ3n) is 1.81. The molecule has 6 heteroatoms. The Hall–Kier alpha value is -1.56. The highest BCUT2D eigenvalue weighted by Crippen LogP contribution is 2.16. The van der Waals surface area contributed by atoms with Crippen molar-refractivity contribution in [2.24, 2.45) is 0 Å². The summed E-state index contributed by atoms with van der Waals surface area (Å²) in [5, 5.41) is 15.3. The molecule has 1 aromatic rings. The van der Waals surface area contributed by atoms with Gasteiger partial charge in [-0.1, -0.05) is 0 Å². The van der Waals surface area contributed by atoms with Gasteiger partial charge in [0.25, 0.3) is 0 Å². The van der Waals surface area contributed by atoms with Gasteiger partial charge in [0, 0.05) is 6.07 Å². The van der Waals surface area contributed by atoms with Crippen molar-refractivity contribution in [2.45, 2.75) is 26.4 Å². The molecule has 0 amide bonds. The second kappa shape index (κ2) is 4.98. The zero-order valence-electron chi connectivity index (χ0n) is 9.61. The average molecular weight is 228 g/mol. The highest BCUT2D eigenvalue weighted by Gasteiger charge is 2.21. The summed E-state index contributed by atoms with van der Waals surface area (Å²) in [7, 11) is 0. The first kappa shape index (κ1) is 12.5. The lowest BCUT2D eigenvalue weighted by Gasteiger charge is -2.21. The molecule has 0 saturated carbocycles. The van der Waals surface area contributed by atoms with Crippen LogP contribution in [0, 0.1) is 0 Å². The maximum Gasteiger partial charge on any atom is 0.356 e. The molecule has 0 radical (unpaired) electrons. The molecule has 0 bridgehead atoms. The topological polar surface area (TPSA) is 84.4 Å². The van der Waals surface area contributed by atoms with Gasteiger partial charge in [-0.3, -0.25) is 5.10 Å². The molecule has 0 saturated heterocycles. The van der Waals surface area contributed by atoms with Gasteiger partial charge in [0.2, 0.25) is 5.88 Å². The van der Waals surface area contributed by atoms with Gasteiger partial charge in [-0.2, -0.15) is 0 Å². The van der Waals surface area contributed by atoms with E-state index in [0.717, 1.165) is 0 Å². The Morgan fingerprint density at radius 2 is 2.31 bits per heavy atom. The van der Waals surface area contributed by atoms with Gasteiger partial charge >= 0.3 is 5.97 Å². The minimum atomic E-state index is -0.735. The number of hydrogen-bond donors (Lipinski definition) is 2. The minimum absolute atomic E-state index is 0.144. The van der Waals surface area contributed by atoms with Gasteiger partial charge in [-0.15, -0.1) is 5.10 Å². The molecule has 0 aliphatic heterocycles.